The van der Waals surface area contributed by atoms with Crippen LogP contribution in [0.4, 0.5) is 0 Å². The number of benzene rings is 2. The van der Waals surface area contributed by atoms with Crippen LogP contribution in [-0.4, -0.2) is 46.0 Å². The number of esters is 2. The van der Waals surface area contributed by atoms with Crippen molar-refractivity contribution in [2.45, 2.75) is 90.8 Å². The third kappa shape index (κ3) is 9.89. The van der Waals surface area contributed by atoms with Crippen LogP contribution >= 0.6 is 0 Å². The van der Waals surface area contributed by atoms with Gasteiger partial charge < -0.3 is 19.9 Å². The summed E-state index contributed by atoms with van der Waals surface area (Å²) < 4.78 is 11.6. The van der Waals surface area contributed by atoms with Crippen molar-refractivity contribution in [3.05, 3.63) is 71.8 Å². The number of hydrogen-bond donors (Lipinski definition) is 2. The number of piperidine rings is 1. The van der Waals surface area contributed by atoms with Crippen LogP contribution in [0.5, 0.6) is 5.75 Å². The van der Waals surface area contributed by atoms with Crippen LogP contribution in [0.1, 0.15) is 89.6 Å². The number of carbonyl (C=O) groups excluding carboxylic acids is 3. The first-order valence-corrected chi connectivity index (χ1v) is 15.0. The van der Waals surface area contributed by atoms with Crippen molar-refractivity contribution in [3.63, 3.8) is 0 Å². The van der Waals surface area contributed by atoms with Gasteiger partial charge in [-0.1, -0.05) is 62.4 Å². The summed E-state index contributed by atoms with van der Waals surface area (Å²) in [7, 11) is 0. The third-order valence-corrected chi connectivity index (χ3v) is 8.13. The molecule has 0 aromatic heterocycles. The van der Waals surface area contributed by atoms with E-state index in [4.69, 9.17) is 9.47 Å². The molecule has 3 rings (SSSR count). The number of rotatable bonds is 13. The van der Waals surface area contributed by atoms with E-state index < -0.39 is 41.2 Å². The fourth-order valence-corrected chi connectivity index (χ4v) is 5.62. The van der Waals surface area contributed by atoms with Crippen LogP contribution in [0.25, 0.3) is 6.08 Å². The second-order valence-electron chi connectivity index (χ2n) is 12.8. The Morgan fingerprint density at radius 2 is 1.60 bits per heavy atom. The number of nitrogens with one attached hydrogen (secondary N) is 1. The van der Waals surface area contributed by atoms with E-state index in [2.05, 4.69) is 19.2 Å². The highest BCUT2D eigenvalue weighted by Gasteiger charge is 2.43. The molecule has 8 heteroatoms. The minimum atomic E-state index is -1.01. The number of ether oxygens (including phenoxy) is 2. The van der Waals surface area contributed by atoms with Gasteiger partial charge in [-0.2, -0.15) is 0 Å². The predicted molar refractivity (Wildman–Crippen MR) is 166 cm³/mol. The van der Waals surface area contributed by atoms with Crippen LogP contribution < -0.4 is 10.1 Å². The number of aliphatic carboxylic acids is 1. The number of allylic oxidation sites excluding steroid dienone is 1. The highest BCUT2D eigenvalue weighted by atomic mass is 16.5. The van der Waals surface area contributed by atoms with Crippen molar-refractivity contribution >= 4 is 29.8 Å². The van der Waals surface area contributed by atoms with Gasteiger partial charge in [-0.05, 0) is 83.6 Å². The van der Waals surface area contributed by atoms with Crippen LogP contribution in [0, 0.1) is 17.8 Å². The van der Waals surface area contributed by atoms with Crippen LogP contribution in [0.2, 0.25) is 0 Å². The van der Waals surface area contributed by atoms with Crippen molar-refractivity contribution in [1.82, 2.24) is 5.32 Å². The van der Waals surface area contributed by atoms with Crippen LogP contribution in [0.3, 0.4) is 0 Å². The van der Waals surface area contributed by atoms with Gasteiger partial charge in [0.25, 0.3) is 0 Å². The number of carbonyl (C=O) groups is 4. The molecule has 2 aromatic rings. The molecule has 0 aliphatic carbocycles. The van der Waals surface area contributed by atoms with Gasteiger partial charge in [0.1, 0.15) is 11.9 Å². The number of hydrogen-bond acceptors (Lipinski definition) is 7. The van der Waals surface area contributed by atoms with Gasteiger partial charge in [0.15, 0.2) is 5.78 Å². The average Bonchev–Trinajstić information content (AvgIpc) is 2.95. The fraction of sp³-hybridized carbons (Fsp3) is 0.486. The number of carboxylic acids is 1. The van der Waals surface area contributed by atoms with E-state index in [1.807, 2.05) is 26.8 Å². The van der Waals surface area contributed by atoms with E-state index in [9.17, 15) is 24.3 Å². The smallest absolute Gasteiger partial charge is 0.314 e. The Hall–Kier alpha value is -3.78. The topological polar surface area (TPSA) is 119 Å². The van der Waals surface area contributed by atoms with Crippen LogP contribution in [0.15, 0.2) is 60.7 Å². The standard InChI is InChI=1S/C35H45NO7/c1-7-25(32(40)42-28-16-13-24(14-17-28)15-18-29(37)26-11-9-8-10-12-26)22-27(21-23(2)31(38)39)33(41)43-30-19-20-34(3,4)36-35(30,5)6/h8-18,23,25,27,30,36H,7,19-22H2,1-6H3,(H,38,39)/b18-15+. The zero-order valence-corrected chi connectivity index (χ0v) is 26.1. The fourth-order valence-electron chi connectivity index (χ4n) is 5.62. The molecule has 1 aliphatic heterocycles. The Morgan fingerprint density at radius 1 is 0.953 bits per heavy atom. The molecule has 0 radical (unpaired) electrons. The summed E-state index contributed by atoms with van der Waals surface area (Å²) >= 11 is 0. The van der Waals surface area contributed by atoms with E-state index in [0.717, 1.165) is 12.0 Å². The molecule has 2 aromatic carbocycles. The van der Waals surface area contributed by atoms with Crippen LogP contribution in [-0.2, 0) is 19.1 Å². The van der Waals surface area contributed by atoms with Gasteiger partial charge in [-0.15, -0.1) is 0 Å². The van der Waals surface area contributed by atoms with Crippen molar-refractivity contribution in [2.24, 2.45) is 17.8 Å². The van der Waals surface area contributed by atoms with Crippen molar-refractivity contribution in [3.8, 4) is 5.75 Å². The Morgan fingerprint density at radius 3 is 2.19 bits per heavy atom. The lowest BCUT2D eigenvalue weighted by atomic mass is 9.80. The molecule has 8 nitrogen and oxygen atoms in total. The summed E-state index contributed by atoms with van der Waals surface area (Å²) in [6.45, 7) is 11.6. The molecule has 0 bridgehead atoms. The first-order chi connectivity index (χ1) is 20.2. The summed E-state index contributed by atoms with van der Waals surface area (Å²) in [5, 5.41) is 13.1. The Labute approximate surface area is 254 Å². The highest BCUT2D eigenvalue weighted by molar-refractivity contribution is 6.06. The summed E-state index contributed by atoms with van der Waals surface area (Å²) in [5.74, 6) is -3.94. The molecule has 1 fully saturated rings. The quantitative estimate of drug-likeness (QED) is 0.118. The van der Waals surface area contributed by atoms with Gasteiger partial charge in [-0.25, -0.2) is 0 Å². The first-order valence-electron chi connectivity index (χ1n) is 15.0. The van der Waals surface area contributed by atoms with Gasteiger partial charge in [0.2, 0.25) is 0 Å². The zero-order valence-electron chi connectivity index (χ0n) is 26.1. The molecule has 232 valence electrons. The molecular formula is C35H45NO7. The van der Waals surface area contributed by atoms with Gasteiger partial charge in [-0.3, -0.25) is 19.2 Å². The number of carboxylic acid groups (broad SMARTS) is 1. The lowest BCUT2D eigenvalue weighted by molar-refractivity contribution is -0.163. The summed E-state index contributed by atoms with van der Waals surface area (Å²) in [6.07, 6.45) is 4.92. The van der Waals surface area contributed by atoms with E-state index >= 15 is 0 Å². The minimum Gasteiger partial charge on any atom is -0.481 e. The van der Waals surface area contributed by atoms with Gasteiger partial charge in [0.05, 0.1) is 23.3 Å². The molecule has 2 N–H and O–H groups in total. The summed E-state index contributed by atoms with van der Waals surface area (Å²) in [4.78, 5) is 50.6. The SMILES string of the molecule is CCC(CC(CC(C)C(=O)O)C(=O)OC1CCC(C)(C)NC1(C)C)C(=O)Oc1ccc(/C=C/C(=O)c2ccccc2)cc1. The largest absolute Gasteiger partial charge is 0.481 e. The first kappa shape index (κ1) is 33.7. The molecule has 0 amide bonds. The second-order valence-corrected chi connectivity index (χ2v) is 12.8. The second kappa shape index (κ2) is 14.6. The Balaban J connectivity index is 1.66. The molecule has 1 aliphatic rings. The minimum absolute atomic E-state index is 0.0623. The van der Waals surface area contributed by atoms with E-state index in [-0.39, 0.29) is 30.3 Å². The third-order valence-electron chi connectivity index (χ3n) is 8.13. The van der Waals surface area contributed by atoms with E-state index in [1.165, 1.54) is 6.08 Å². The maximum atomic E-state index is 13.5. The monoisotopic (exact) mass is 591 g/mol. The Bertz CT molecular complexity index is 1300. The average molecular weight is 592 g/mol. The molecule has 43 heavy (non-hydrogen) atoms. The van der Waals surface area contributed by atoms with Gasteiger partial charge in [0, 0.05) is 11.1 Å². The molecule has 1 heterocycles. The molecule has 0 saturated carbocycles. The molecule has 1 saturated heterocycles. The summed E-state index contributed by atoms with van der Waals surface area (Å²) in [6, 6.07) is 15.7. The van der Waals surface area contributed by atoms with Crippen molar-refractivity contribution in [1.29, 1.82) is 0 Å². The Kier molecular flexibility index (Phi) is 11.4. The molecule has 0 spiro atoms. The van der Waals surface area contributed by atoms with E-state index in [1.54, 1.807) is 61.5 Å². The van der Waals surface area contributed by atoms with Crippen molar-refractivity contribution < 1.29 is 33.8 Å². The molecule has 4 unspecified atom stereocenters. The lowest BCUT2D eigenvalue weighted by Crippen LogP contribution is -2.63. The maximum absolute atomic E-state index is 13.5. The highest BCUT2D eigenvalue weighted by Crippen LogP contribution is 2.33. The van der Waals surface area contributed by atoms with E-state index in [0.29, 0.717) is 24.2 Å². The molecular weight excluding hydrogens is 546 g/mol. The summed E-state index contributed by atoms with van der Waals surface area (Å²) in [5.41, 5.74) is 0.817. The zero-order chi connectivity index (χ0) is 31.8. The normalized spacial score (nSPS) is 19.6. The molecule has 4 atom stereocenters. The number of ketones is 1. The maximum Gasteiger partial charge on any atom is 0.314 e. The predicted octanol–water partition coefficient (Wildman–Crippen LogP) is 6.48. The lowest BCUT2D eigenvalue weighted by Gasteiger charge is -2.47. The van der Waals surface area contributed by atoms with Crippen molar-refractivity contribution in [2.75, 3.05) is 0 Å². The van der Waals surface area contributed by atoms with Gasteiger partial charge >= 0.3 is 17.9 Å².